The molecule has 0 unspecified atom stereocenters. The van der Waals surface area contributed by atoms with Gasteiger partial charge in [0.25, 0.3) is 0 Å². The third-order valence-electron chi connectivity index (χ3n) is 8.63. The molecule has 41 heavy (non-hydrogen) atoms. The summed E-state index contributed by atoms with van der Waals surface area (Å²) >= 11 is 0. The quantitative estimate of drug-likeness (QED) is 0.0588. The molecule has 0 radical (unpaired) electrons. The second-order valence-corrected chi connectivity index (χ2v) is 23.2. The Hall–Kier alpha value is 0.650. The van der Waals surface area contributed by atoms with Gasteiger partial charge in [-0.2, -0.15) is 0 Å². The van der Waals surface area contributed by atoms with Gasteiger partial charge < -0.3 is 14.0 Å². The molecular formula is C34H73O4P3. The summed E-state index contributed by atoms with van der Waals surface area (Å²) < 4.78 is 42.1. The van der Waals surface area contributed by atoms with Crippen LogP contribution in [-0.4, -0.2) is 41.3 Å². The van der Waals surface area contributed by atoms with Crippen molar-refractivity contribution in [3.05, 3.63) is 0 Å². The van der Waals surface area contributed by atoms with Crippen LogP contribution in [0.1, 0.15) is 182 Å². The highest BCUT2D eigenvalue weighted by Gasteiger charge is 2.37. The number of rotatable bonds is 32. The summed E-state index contributed by atoms with van der Waals surface area (Å²) in [6.07, 6.45) is 29.5. The highest BCUT2D eigenvalue weighted by atomic mass is 31.2. The molecule has 0 rings (SSSR count). The van der Waals surface area contributed by atoms with Crippen LogP contribution < -0.4 is 0 Å². The first-order valence-corrected chi connectivity index (χ1v) is 24.7. The zero-order valence-electron chi connectivity index (χ0n) is 28.2. The molecule has 0 heterocycles. The van der Waals surface area contributed by atoms with Gasteiger partial charge in [0.05, 0.1) is 26.1 Å². The van der Waals surface area contributed by atoms with Crippen LogP contribution in [0.3, 0.4) is 0 Å². The van der Waals surface area contributed by atoms with Gasteiger partial charge in [0, 0.05) is 24.6 Å². The van der Waals surface area contributed by atoms with E-state index in [1.54, 1.807) is 0 Å². The summed E-state index contributed by atoms with van der Waals surface area (Å²) in [5, 5.41) is 0. The fourth-order valence-corrected chi connectivity index (χ4v) is 19.6. The monoisotopic (exact) mass is 638 g/mol. The Morgan fingerprint density at radius 1 is 0.341 bits per heavy atom. The van der Waals surface area contributed by atoms with E-state index >= 15 is 0 Å². The summed E-state index contributed by atoms with van der Waals surface area (Å²) in [6, 6.07) is 0. The minimum absolute atomic E-state index is 0.0685. The fraction of sp³-hybridized carbons (Fsp3) is 1.00. The van der Waals surface area contributed by atoms with Crippen molar-refractivity contribution in [2.24, 2.45) is 0 Å². The second kappa shape index (κ2) is 27.0. The van der Waals surface area contributed by atoms with Crippen molar-refractivity contribution >= 4 is 21.7 Å². The molecular weight excluding hydrogens is 565 g/mol. The predicted octanol–water partition coefficient (Wildman–Crippen LogP) is 13.3. The SMILES string of the molecule is CCCCCCCCP(=O)(CCCCCCCC)CP(=O)(O)CP(=O)(CCCCCCCC)CCCCCCCC. The van der Waals surface area contributed by atoms with E-state index in [1.807, 2.05) is 0 Å². The van der Waals surface area contributed by atoms with E-state index in [4.69, 9.17) is 0 Å². The van der Waals surface area contributed by atoms with Crippen molar-refractivity contribution in [1.82, 2.24) is 0 Å². The van der Waals surface area contributed by atoms with Crippen LogP contribution in [0.25, 0.3) is 0 Å². The van der Waals surface area contributed by atoms with Gasteiger partial charge in [0.1, 0.15) is 0 Å². The average Bonchev–Trinajstić information content (AvgIpc) is 2.91. The van der Waals surface area contributed by atoms with Crippen molar-refractivity contribution in [2.75, 3.05) is 36.5 Å². The smallest absolute Gasteiger partial charge is 0.214 e. The molecule has 0 atom stereocenters. The first-order chi connectivity index (χ1) is 19.7. The summed E-state index contributed by atoms with van der Waals surface area (Å²) in [6.45, 7) is 8.85. The summed E-state index contributed by atoms with van der Waals surface area (Å²) in [7, 11) is -9.25. The van der Waals surface area contributed by atoms with E-state index < -0.39 is 21.7 Å². The van der Waals surface area contributed by atoms with Gasteiger partial charge in [0.15, 0.2) is 0 Å². The second-order valence-electron chi connectivity index (χ2n) is 13.2. The minimum atomic E-state index is -3.73. The van der Waals surface area contributed by atoms with Gasteiger partial charge in [-0.05, 0) is 25.7 Å². The van der Waals surface area contributed by atoms with Crippen molar-refractivity contribution in [3.63, 3.8) is 0 Å². The Labute approximate surface area is 258 Å². The Morgan fingerprint density at radius 3 is 0.756 bits per heavy atom. The van der Waals surface area contributed by atoms with Crippen LogP contribution in [0.4, 0.5) is 0 Å². The fourth-order valence-electron chi connectivity index (χ4n) is 6.08. The molecule has 0 aliphatic rings. The first-order valence-electron chi connectivity index (χ1n) is 18.1. The van der Waals surface area contributed by atoms with Crippen LogP contribution in [0.15, 0.2) is 0 Å². The number of hydrogen-bond acceptors (Lipinski definition) is 3. The first kappa shape index (κ1) is 41.7. The third kappa shape index (κ3) is 25.7. The molecule has 0 bridgehead atoms. The van der Waals surface area contributed by atoms with Gasteiger partial charge in [0.2, 0.25) is 7.37 Å². The minimum Gasteiger partial charge on any atom is -0.344 e. The van der Waals surface area contributed by atoms with Crippen LogP contribution in [0.5, 0.6) is 0 Å². The standard InChI is InChI=1S/C34H73O4P3/c1-5-9-13-17-21-25-29-39(35,30-26-22-18-14-10-6-2)33-41(37,38)34-40(36,31-27-23-19-15-11-7-3)32-28-24-20-16-12-8-4/h5-34H2,1-4H3,(H,37,38). The lowest BCUT2D eigenvalue weighted by Crippen LogP contribution is -2.07. The van der Waals surface area contributed by atoms with E-state index in [2.05, 4.69) is 27.7 Å². The largest absolute Gasteiger partial charge is 0.344 e. The van der Waals surface area contributed by atoms with Crippen LogP contribution >= 0.6 is 21.7 Å². The molecule has 0 aromatic heterocycles. The Morgan fingerprint density at radius 2 is 0.537 bits per heavy atom. The third-order valence-corrected chi connectivity index (χ3v) is 20.8. The lowest BCUT2D eigenvalue weighted by atomic mass is 10.1. The molecule has 0 amide bonds. The zero-order valence-corrected chi connectivity index (χ0v) is 30.9. The molecule has 0 saturated heterocycles. The van der Waals surface area contributed by atoms with Gasteiger partial charge in [-0.25, -0.2) is 0 Å². The van der Waals surface area contributed by atoms with E-state index in [0.29, 0.717) is 24.6 Å². The van der Waals surface area contributed by atoms with Crippen molar-refractivity contribution in [1.29, 1.82) is 0 Å². The van der Waals surface area contributed by atoms with E-state index in [9.17, 15) is 18.6 Å². The number of hydrogen-bond donors (Lipinski definition) is 1. The maximum Gasteiger partial charge on any atom is 0.214 e. The lowest BCUT2D eigenvalue weighted by Gasteiger charge is -2.26. The van der Waals surface area contributed by atoms with Crippen LogP contribution in [0, 0.1) is 0 Å². The molecule has 0 aliphatic carbocycles. The van der Waals surface area contributed by atoms with E-state index in [0.717, 1.165) is 77.0 Å². The van der Waals surface area contributed by atoms with Gasteiger partial charge >= 0.3 is 0 Å². The molecule has 0 aromatic rings. The Bertz CT molecular complexity index is 629. The maximum atomic E-state index is 14.2. The maximum absolute atomic E-state index is 14.2. The van der Waals surface area contributed by atoms with Gasteiger partial charge in [-0.3, -0.25) is 4.57 Å². The molecule has 0 fully saturated rings. The Kier molecular flexibility index (Phi) is 27.4. The van der Waals surface area contributed by atoms with E-state index in [1.165, 1.54) is 77.0 Å². The van der Waals surface area contributed by atoms with Crippen molar-refractivity contribution in [2.45, 2.75) is 182 Å². The van der Waals surface area contributed by atoms with E-state index in [-0.39, 0.29) is 11.8 Å². The molecule has 0 saturated carbocycles. The normalized spacial score (nSPS) is 12.8. The Balaban J connectivity index is 5.27. The molecule has 0 aromatic carbocycles. The van der Waals surface area contributed by atoms with Gasteiger partial charge in [-0.1, -0.05) is 156 Å². The topological polar surface area (TPSA) is 71.4 Å². The van der Waals surface area contributed by atoms with Crippen LogP contribution in [0.2, 0.25) is 0 Å². The lowest BCUT2D eigenvalue weighted by molar-refractivity contribution is 0.485. The zero-order chi connectivity index (χ0) is 30.7. The molecule has 7 heteroatoms. The molecule has 248 valence electrons. The highest BCUT2D eigenvalue weighted by Crippen LogP contribution is 2.67. The molecule has 4 nitrogen and oxygen atoms in total. The molecule has 0 spiro atoms. The predicted molar refractivity (Wildman–Crippen MR) is 188 cm³/mol. The van der Waals surface area contributed by atoms with Crippen molar-refractivity contribution < 1.29 is 18.6 Å². The summed E-state index contributed by atoms with van der Waals surface area (Å²) in [5.41, 5.74) is 0. The van der Waals surface area contributed by atoms with Crippen LogP contribution in [-0.2, 0) is 13.7 Å². The summed E-state index contributed by atoms with van der Waals surface area (Å²) in [4.78, 5) is 11.3. The van der Waals surface area contributed by atoms with Gasteiger partial charge in [-0.15, -0.1) is 0 Å². The average molecular weight is 639 g/mol. The molecule has 1 N–H and O–H groups in total. The highest BCUT2D eigenvalue weighted by molar-refractivity contribution is 7.85. The summed E-state index contributed by atoms with van der Waals surface area (Å²) in [5.74, 6) is -0.137. The number of unbranched alkanes of at least 4 members (excludes halogenated alkanes) is 20. The van der Waals surface area contributed by atoms with Crippen molar-refractivity contribution in [3.8, 4) is 0 Å². The molecule has 0 aliphatic heterocycles.